The smallest absolute Gasteiger partial charge is 0.211 e. The molecule has 1 heterocycles. The molecule has 0 aromatic carbocycles. The molecule has 0 bridgehead atoms. The van der Waals surface area contributed by atoms with Gasteiger partial charge in [-0.15, -0.1) is 0 Å². The predicted octanol–water partition coefficient (Wildman–Crippen LogP) is 0.00520. The van der Waals surface area contributed by atoms with E-state index in [2.05, 4.69) is 0 Å². The number of sulfonamides is 1. The molecule has 1 saturated heterocycles. The van der Waals surface area contributed by atoms with Gasteiger partial charge < -0.3 is 5.73 Å². The third-order valence-electron chi connectivity index (χ3n) is 1.97. The number of piperidine rings is 1. The van der Waals surface area contributed by atoms with Gasteiger partial charge in [0, 0.05) is 19.1 Å². The average molecular weight is 194 g/mol. The van der Waals surface area contributed by atoms with Crippen molar-refractivity contribution in [3.05, 3.63) is 0 Å². The van der Waals surface area contributed by atoms with E-state index in [4.69, 9.17) is 5.73 Å². The molecule has 5 heteroatoms. The SMILES string of the molecule is C.CS(=O)(=O)N1CCC(N)CC1. The molecule has 4 nitrogen and oxygen atoms in total. The molecular formula is C7H18N2O2S. The lowest BCUT2D eigenvalue weighted by Gasteiger charge is -2.27. The highest BCUT2D eigenvalue weighted by Gasteiger charge is 2.22. The Morgan fingerprint density at radius 1 is 1.33 bits per heavy atom. The Morgan fingerprint density at radius 2 is 1.75 bits per heavy atom. The molecule has 1 aliphatic heterocycles. The fraction of sp³-hybridized carbons (Fsp3) is 1.00. The normalized spacial score (nSPS) is 21.8. The zero-order valence-electron chi connectivity index (χ0n) is 6.66. The van der Waals surface area contributed by atoms with Gasteiger partial charge in [0.1, 0.15) is 0 Å². The molecule has 0 unspecified atom stereocenters. The van der Waals surface area contributed by atoms with E-state index in [1.54, 1.807) is 0 Å². The van der Waals surface area contributed by atoms with Crippen LogP contribution in [0.4, 0.5) is 0 Å². The van der Waals surface area contributed by atoms with Gasteiger partial charge in [0.2, 0.25) is 10.0 Å². The van der Waals surface area contributed by atoms with Crippen molar-refractivity contribution in [1.29, 1.82) is 0 Å². The summed E-state index contributed by atoms with van der Waals surface area (Å²) in [5.74, 6) is 0. The van der Waals surface area contributed by atoms with Crippen molar-refractivity contribution in [2.75, 3.05) is 19.3 Å². The van der Waals surface area contributed by atoms with E-state index >= 15 is 0 Å². The van der Waals surface area contributed by atoms with Crippen molar-refractivity contribution in [3.63, 3.8) is 0 Å². The van der Waals surface area contributed by atoms with E-state index in [9.17, 15) is 8.42 Å². The monoisotopic (exact) mass is 194 g/mol. The Kier molecular flexibility index (Phi) is 4.16. The van der Waals surface area contributed by atoms with Gasteiger partial charge in [0.05, 0.1) is 6.26 Å². The Labute approximate surface area is 74.8 Å². The molecule has 0 atom stereocenters. The van der Waals surface area contributed by atoms with Crippen LogP contribution >= 0.6 is 0 Å². The quantitative estimate of drug-likeness (QED) is 0.639. The summed E-state index contributed by atoms with van der Waals surface area (Å²) in [5, 5.41) is 0. The van der Waals surface area contributed by atoms with E-state index in [0.29, 0.717) is 13.1 Å². The number of hydrogen-bond acceptors (Lipinski definition) is 3. The van der Waals surface area contributed by atoms with Crippen LogP contribution in [0.1, 0.15) is 20.3 Å². The Bertz CT molecular complexity index is 218. The van der Waals surface area contributed by atoms with Crippen LogP contribution < -0.4 is 5.73 Å². The lowest BCUT2D eigenvalue weighted by molar-refractivity contribution is 0.322. The third kappa shape index (κ3) is 3.08. The molecule has 0 aliphatic carbocycles. The maximum Gasteiger partial charge on any atom is 0.211 e. The predicted molar refractivity (Wildman–Crippen MR) is 50.4 cm³/mol. The zero-order valence-corrected chi connectivity index (χ0v) is 7.47. The van der Waals surface area contributed by atoms with Crippen molar-refractivity contribution in [3.8, 4) is 0 Å². The van der Waals surface area contributed by atoms with Crippen molar-refractivity contribution >= 4 is 10.0 Å². The Hall–Kier alpha value is -0.130. The molecule has 74 valence electrons. The largest absolute Gasteiger partial charge is 0.328 e. The summed E-state index contributed by atoms with van der Waals surface area (Å²) in [5.41, 5.74) is 5.62. The van der Waals surface area contributed by atoms with Gasteiger partial charge >= 0.3 is 0 Å². The fourth-order valence-electron chi connectivity index (χ4n) is 1.21. The second-order valence-corrected chi connectivity index (χ2v) is 4.98. The molecule has 1 rings (SSSR count). The van der Waals surface area contributed by atoms with Crippen LogP contribution in [0.3, 0.4) is 0 Å². The summed E-state index contributed by atoms with van der Waals surface area (Å²) in [6.45, 7) is 1.17. The van der Waals surface area contributed by atoms with Gasteiger partial charge in [-0.05, 0) is 12.8 Å². The van der Waals surface area contributed by atoms with Crippen LogP contribution in [0.2, 0.25) is 0 Å². The van der Waals surface area contributed by atoms with E-state index in [0.717, 1.165) is 12.8 Å². The Morgan fingerprint density at radius 3 is 2.08 bits per heavy atom. The number of rotatable bonds is 1. The summed E-state index contributed by atoms with van der Waals surface area (Å²) < 4.78 is 23.4. The minimum Gasteiger partial charge on any atom is -0.328 e. The molecule has 0 aromatic heterocycles. The minimum atomic E-state index is -2.97. The van der Waals surface area contributed by atoms with Gasteiger partial charge in [-0.25, -0.2) is 12.7 Å². The number of nitrogens with two attached hydrogens (primary N) is 1. The van der Waals surface area contributed by atoms with Gasteiger partial charge in [0.25, 0.3) is 0 Å². The Balaban J connectivity index is 0.00000121. The van der Waals surface area contributed by atoms with E-state index in [-0.39, 0.29) is 13.5 Å². The highest BCUT2D eigenvalue weighted by atomic mass is 32.2. The first kappa shape index (κ1) is 11.9. The van der Waals surface area contributed by atoms with Crippen molar-refractivity contribution < 1.29 is 8.42 Å². The molecule has 2 N–H and O–H groups in total. The van der Waals surface area contributed by atoms with Crippen molar-refractivity contribution in [2.24, 2.45) is 5.73 Å². The van der Waals surface area contributed by atoms with E-state index in [1.165, 1.54) is 10.6 Å². The standard InChI is InChI=1S/C6H14N2O2S.CH4/c1-11(9,10)8-4-2-6(7)3-5-8;/h6H,2-5,7H2,1H3;1H4. The van der Waals surface area contributed by atoms with Crippen molar-refractivity contribution in [2.45, 2.75) is 26.3 Å². The van der Waals surface area contributed by atoms with Crippen LogP contribution in [-0.4, -0.2) is 38.1 Å². The molecule has 1 aliphatic rings. The van der Waals surface area contributed by atoms with Crippen molar-refractivity contribution in [1.82, 2.24) is 4.31 Å². The lowest BCUT2D eigenvalue weighted by Crippen LogP contribution is -2.42. The summed E-state index contributed by atoms with van der Waals surface area (Å²) in [6, 6.07) is 0.188. The summed E-state index contributed by atoms with van der Waals surface area (Å²) >= 11 is 0. The van der Waals surface area contributed by atoms with Crippen LogP contribution in [0, 0.1) is 0 Å². The maximum absolute atomic E-state index is 11.0. The first-order valence-corrected chi connectivity index (χ1v) is 5.55. The summed E-state index contributed by atoms with van der Waals surface area (Å²) in [7, 11) is -2.97. The first-order chi connectivity index (χ1) is 5.00. The van der Waals surface area contributed by atoms with Crippen LogP contribution in [0.15, 0.2) is 0 Å². The second-order valence-electron chi connectivity index (χ2n) is 3.00. The topological polar surface area (TPSA) is 63.4 Å². The summed E-state index contributed by atoms with van der Waals surface area (Å²) in [4.78, 5) is 0. The lowest BCUT2D eigenvalue weighted by atomic mass is 10.1. The zero-order chi connectivity index (χ0) is 8.48. The van der Waals surface area contributed by atoms with E-state index < -0.39 is 10.0 Å². The van der Waals surface area contributed by atoms with Gasteiger partial charge in [-0.2, -0.15) is 0 Å². The molecule has 12 heavy (non-hydrogen) atoms. The number of nitrogens with zero attached hydrogens (tertiary/aromatic N) is 1. The molecule has 0 spiro atoms. The van der Waals surface area contributed by atoms with Crippen LogP contribution in [0.25, 0.3) is 0 Å². The average Bonchev–Trinajstić information content (AvgIpc) is 1.86. The molecule has 0 saturated carbocycles. The molecular weight excluding hydrogens is 176 g/mol. The third-order valence-corrected chi connectivity index (χ3v) is 3.27. The molecule has 0 radical (unpaired) electrons. The first-order valence-electron chi connectivity index (χ1n) is 3.71. The van der Waals surface area contributed by atoms with Crippen LogP contribution in [0.5, 0.6) is 0 Å². The fourth-order valence-corrected chi connectivity index (χ4v) is 2.08. The van der Waals surface area contributed by atoms with Gasteiger partial charge in [-0.3, -0.25) is 0 Å². The minimum absolute atomic E-state index is 0. The van der Waals surface area contributed by atoms with Gasteiger partial charge in [-0.1, -0.05) is 7.43 Å². The number of hydrogen-bond donors (Lipinski definition) is 1. The molecule has 0 aromatic rings. The second kappa shape index (κ2) is 4.20. The van der Waals surface area contributed by atoms with E-state index in [1.807, 2.05) is 0 Å². The highest BCUT2D eigenvalue weighted by Crippen LogP contribution is 2.10. The molecule has 1 fully saturated rings. The van der Waals surface area contributed by atoms with Gasteiger partial charge in [0.15, 0.2) is 0 Å². The highest BCUT2D eigenvalue weighted by molar-refractivity contribution is 7.88. The van der Waals surface area contributed by atoms with Crippen LogP contribution in [-0.2, 0) is 10.0 Å². The maximum atomic E-state index is 11.0. The summed E-state index contributed by atoms with van der Waals surface area (Å²) in [6.07, 6.45) is 2.81. The molecule has 0 amide bonds.